The van der Waals surface area contributed by atoms with Gasteiger partial charge in [0, 0.05) is 42.6 Å². The number of carbonyl (C=O) groups excluding carboxylic acids is 1. The highest BCUT2D eigenvalue weighted by Gasteiger charge is 2.32. The van der Waals surface area contributed by atoms with E-state index in [1.54, 1.807) is 0 Å². The van der Waals surface area contributed by atoms with Crippen LogP contribution in [0.5, 0.6) is 0 Å². The third kappa shape index (κ3) is 5.41. The van der Waals surface area contributed by atoms with Gasteiger partial charge in [0.2, 0.25) is 0 Å². The number of nitrogens with zero attached hydrogens (tertiary/aromatic N) is 3. The Balaban J connectivity index is 1.72. The van der Waals surface area contributed by atoms with E-state index in [-0.39, 0.29) is 18.9 Å². The molecule has 0 radical (unpaired) electrons. The molecule has 1 fully saturated rings. The van der Waals surface area contributed by atoms with Crippen molar-refractivity contribution >= 4 is 57.9 Å². The van der Waals surface area contributed by atoms with Gasteiger partial charge in [0.05, 0.1) is 16.3 Å². The number of carbonyl (C=O) groups is 2. The SMILES string of the molecule is Cn1nc(-c2ccccc2)c(C=C2SC(=S)N(CCCC(=O)O)C2=O)c1Cc1ccc(Cl)cc1. The molecule has 2 aromatic carbocycles. The van der Waals surface area contributed by atoms with Crippen LogP contribution in [-0.2, 0) is 23.1 Å². The Morgan fingerprint density at radius 2 is 1.88 bits per heavy atom. The number of aliphatic carboxylic acids is 1. The predicted molar refractivity (Wildman–Crippen MR) is 140 cm³/mol. The van der Waals surface area contributed by atoms with E-state index in [1.807, 2.05) is 72.4 Å². The van der Waals surface area contributed by atoms with Gasteiger partial charge in [-0.25, -0.2) is 0 Å². The molecule has 0 aliphatic carbocycles. The Kier molecular flexibility index (Phi) is 7.50. The number of hydrogen-bond acceptors (Lipinski definition) is 5. The van der Waals surface area contributed by atoms with Crippen molar-refractivity contribution in [1.29, 1.82) is 0 Å². The number of benzene rings is 2. The van der Waals surface area contributed by atoms with Crippen molar-refractivity contribution in [2.45, 2.75) is 19.3 Å². The molecule has 3 aromatic rings. The summed E-state index contributed by atoms with van der Waals surface area (Å²) in [4.78, 5) is 26.0. The molecule has 0 spiro atoms. The molecule has 4 rings (SSSR count). The molecule has 0 bridgehead atoms. The summed E-state index contributed by atoms with van der Waals surface area (Å²) in [6, 6.07) is 17.5. The van der Waals surface area contributed by atoms with E-state index in [2.05, 4.69) is 0 Å². The Bertz CT molecular complexity index is 1270. The van der Waals surface area contributed by atoms with E-state index in [0.717, 1.165) is 28.1 Å². The van der Waals surface area contributed by atoms with E-state index in [1.165, 1.54) is 16.7 Å². The number of halogens is 1. The normalized spacial score (nSPS) is 14.9. The number of thioether (sulfide) groups is 1. The van der Waals surface area contributed by atoms with Crippen molar-refractivity contribution in [1.82, 2.24) is 14.7 Å². The number of amides is 1. The largest absolute Gasteiger partial charge is 0.481 e. The second kappa shape index (κ2) is 10.5. The number of aromatic nitrogens is 2. The van der Waals surface area contributed by atoms with Gasteiger partial charge in [-0.2, -0.15) is 5.10 Å². The zero-order valence-electron chi connectivity index (χ0n) is 18.4. The van der Waals surface area contributed by atoms with Crippen molar-refractivity contribution in [2.75, 3.05) is 6.54 Å². The minimum Gasteiger partial charge on any atom is -0.481 e. The number of thiocarbonyl (C=S) groups is 1. The maximum Gasteiger partial charge on any atom is 0.303 e. The van der Waals surface area contributed by atoms with Crippen LogP contribution in [-0.4, -0.2) is 42.5 Å². The highest BCUT2D eigenvalue weighted by Crippen LogP contribution is 2.36. The van der Waals surface area contributed by atoms with Crippen LogP contribution < -0.4 is 0 Å². The summed E-state index contributed by atoms with van der Waals surface area (Å²) in [6.45, 7) is 0.282. The average Bonchev–Trinajstić information content (AvgIpc) is 3.26. The third-order valence-electron chi connectivity index (χ3n) is 5.46. The van der Waals surface area contributed by atoms with Crippen LogP contribution in [0.1, 0.15) is 29.7 Å². The number of carboxylic acid groups (broad SMARTS) is 1. The number of carboxylic acids is 1. The fourth-order valence-electron chi connectivity index (χ4n) is 3.75. The summed E-state index contributed by atoms with van der Waals surface area (Å²) in [5.41, 5.74) is 4.61. The first-order chi connectivity index (χ1) is 16.3. The minimum absolute atomic E-state index is 0.0118. The first-order valence-electron chi connectivity index (χ1n) is 10.7. The smallest absolute Gasteiger partial charge is 0.303 e. The van der Waals surface area contributed by atoms with Crippen molar-refractivity contribution in [3.63, 3.8) is 0 Å². The molecule has 9 heteroatoms. The first kappa shape index (κ1) is 24.2. The standard InChI is InChI=1S/C25H22ClN3O3S2/c1-28-20(14-16-9-11-18(26)12-10-16)19(23(27-28)17-6-3-2-4-7-17)15-21-24(32)29(25(33)34-21)13-5-8-22(30)31/h2-4,6-7,9-12,15H,5,8,13-14H2,1H3,(H,30,31). The summed E-state index contributed by atoms with van der Waals surface area (Å²) in [7, 11) is 1.89. The van der Waals surface area contributed by atoms with Gasteiger partial charge >= 0.3 is 5.97 Å². The van der Waals surface area contributed by atoms with Crippen LogP contribution in [0.15, 0.2) is 59.5 Å². The molecule has 1 saturated heterocycles. The molecule has 1 aliphatic rings. The summed E-state index contributed by atoms with van der Waals surface area (Å²) < 4.78 is 2.28. The molecule has 0 atom stereocenters. The molecule has 174 valence electrons. The van der Waals surface area contributed by atoms with Gasteiger partial charge in [-0.3, -0.25) is 19.2 Å². The summed E-state index contributed by atoms with van der Waals surface area (Å²) in [5, 5.41) is 14.4. The van der Waals surface area contributed by atoms with E-state index < -0.39 is 5.97 Å². The molecule has 1 amide bonds. The van der Waals surface area contributed by atoms with Crippen LogP contribution in [0.4, 0.5) is 0 Å². The quantitative estimate of drug-likeness (QED) is 0.322. The van der Waals surface area contributed by atoms with Gasteiger partial charge in [0.25, 0.3) is 5.91 Å². The molecule has 6 nitrogen and oxygen atoms in total. The van der Waals surface area contributed by atoms with Gasteiger partial charge < -0.3 is 5.11 Å². The zero-order valence-corrected chi connectivity index (χ0v) is 20.8. The first-order valence-corrected chi connectivity index (χ1v) is 12.3. The van der Waals surface area contributed by atoms with Crippen LogP contribution in [0, 0.1) is 0 Å². The van der Waals surface area contributed by atoms with E-state index in [9.17, 15) is 9.59 Å². The lowest BCUT2D eigenvalue weighted by molar-refractivity contribution is -0.137. The van der Waals surface area contributed by atoms with Crippen LogP contribution >= 0.6 is 35.6 Å². The monoisotopic (exact) mass is 511 g/mol. The van der Waals surface area contributed by atoms with Gasteiger partial charge in [0.15, 0.2) is 0 Å². The van der Waals surface area contributed by atoms with Gasteiger partial charge in [-0.15, -0.1) is 0 Å². The molecule has 34 heavy (non-hydrogen) atoms. The molecular weight excluding hydrogens is 490 g/mol. The lowest BCUT2D eigenvalue weighted by atomic mass is 10.0. The molecule has 0 unspecified atom stereocenters. The average molecular weight is 512 g/mol. The third-order valence-corrected chi connectivity index (χ3v) is 7.09. The van der Waals surface area contributed by atoms with Crippen molar-refractivity contribution in [3.8, 4) is 11.3 Å². The Morgan fingerprint density at radius 1 is 1.18 bits per heavy atom. The number of rotatable bonds is 8. The van der Waals surface area contributed by atoms with E-state index in [0.29, 0.717) is 27.1 Å². The van der Waals surface area contributed by atoms with Gasteiger partial charge in [-0.05, 0) is 30.2 Å². The van der Waals surface area contributed by atoms with Gasteiger partial charge in [-0.1, -0.05) is 78.0 Å². The fraction of sp³-hybridized carbons (Fsp3) is 0.200. The van der Waals surface area contributed by atoms with Crippen LogP contribution in [0.25, 0.3) is 17.3 Å². The lowest BCUT2D eigenvalue weighted by Crippen LogP contribution is -2.29. The highest BCUT2D eigenvalue weighted by molar-refractivity contribution is 8.26. The maximum atomic E-state index is 13.1. The summed E-state index contributed by atoms with van der Waals surface area (Å²) in [5.74, 6) is -1.10. The topological polar surface area (TPSA) is 75.4 Å². The zero-order chi connectivity index (χ0) is 24.2. The lowest BCUT2D eigenvalue weighted by Gasteiger charge is -2.13. The Hall–Kier alpha value is -2.94. The van der Waals surface area contributed by atoms with Crippen LogP contribution in [0.2, 0.25) is 5.02 Å². The molecular formula is C25H22ClN3O3S2. The number of aryl methyl sites for hydroxylation is 1. The van der Waals surface area contributed by atoms with E-state index in [4.69, 9.17) is 34.0 Å². The molecule has 0 saturated carbocycles. The Labute approximate surface area is 212 Å². The predicted octanol–water partition coefficient (Wildman–Crippen LogP) is 5.40. The molecule has 2 heterocycles. The maximum absolute atomic E-state index is 13.1. The molecule has 1 aliphatic heterocycles. The van der Waals surface area contributed by atoms with Crippen molar-refractivity contribution in [2.24, 2.45) is 7.05 Å². The minimum atomic E-state index is -0.893. The highest BCUT2D eigenvalue weighted by atomic mass is 35.5. The van der Waals surface area contributed by atoms with Crippen molar-refractivity contribution in [3.05, 3.63) is 81.3 Å². The van der Waals surface area contributed by atoms with Gasteiger partial charge in [0.1, 0.15) is 4.32 Å². The second-order valence-corrected chi connectivity index (χ2v) is 9.94. The molecule has 1 aromatic heterocycles. The van der Waals surface area contributed by atoms with Crippen molar-refractivity contribution < 1.29 is 14.7 Å². The number of hydrogen-bond donors (Lipinski definition) is 1. The summed E-state index contributed by atoms with van der Waals surface area (Å²) in [6.07, 6.45) is 2.80. The van der Waals surface area contributed by atoms with Crippen LogP contribution in [0.3, 0.4) is 0 Å². The fourth-order valence-corrected chi connectivity index (χ4v) is 5.17. The summed E-state index contributed by atoms with van der Waals surface area (Å²) >= 11 is 12.7. The Morgan fingerprint density at radius 3 is 2.56 bits per heavy atom. The van der Waals surface area contributed by atoms with E-state index >= 15 is 0 Å². The molecule has 1 N–H and O–H groups in total. The second-order valence-electron chi connectivity index (χ2n) is 7.83.